The van der Waals surface area contributed by atoms with Crippen LogP contribution in [0.15, 0.2) is 48.5 Å². The molecule has 0 radical (unpaired) electrons. The average Bonchev–Trinajstić information content (AvgIpc) is 2.44. The Labute approximate surface area is 144 Å². The molecule has 0 aliphatic carbocycles. The van der Waals surface area contributed by atoms with Crippen molar-refractivity contribution in [3.63, 3.8) is 0 Å². The lowest BCUT2D eigenvalue weighted by Gasteiger charge is -2.21. The Morgan fingerprint density at radius 2 is 1.55 bits per heavy atom. The zero-order valence-electron chi connectivity index (χ0n) is 13.2. The minimum absolute atomic E-state index is 0. The highest BCUT2D eigenvalue weighted by Gasteiger charge is 2.11. The summed E-state index contributed by atoms with van der Waals surface area (Å²) in [5, 5.41) is 4.22. The van der Waals surface area contributed by atoms with Crippen LogP contribution < -0.4 is 10.1 Å². The SMILES string of the molecule is CC(C)(C)NCc1ccccc1OCc1ccccc1Cl.Cl. The maximum Gasteiger partial charge on any atom is 0.124 e. The van der Waals surface area contributed by atoms with Crippen molar-refractivity contribution >= 4 is 24.0 Å². The van der Waals surface area contributed by atoms with Gasteiger partial charge in [0.2, 0.25) is 0 Å². The van der Waals surface area contributed by atoms with Gasteiger partial charge in [-0.2, -0.15) is 0 Å². The summed E-state index contributed by atoms with van der Waals surface area (Å²) in [4.78, 5) is 0. The third-order valence-electron chi connectivity index (χ3n) is 3.12. The van der Waals surface area contributed by atoms with Crippen molar-refractivity contribution < 1.29 is 4.74 Å². The molecule has 0 unspecified atom stereocenters. The maximum absolute atomic E-state index is 6.16. The summed E-state index contributed by atoms with van der Waals surface area (Å²) >= 11 is 6.16. The van der Waals surface area contributed by atoms with Gasteiger partial charge in [0, 0.05) is 28.2 Å². The van der Waals surface area contributed by atoms with Crippen LogP contribution in [0.4, 0.5) is 0 Å². The molecule has 120 valence electrons. The molecule has 0 atom stereocenters. The predicted molar refractivity (Wildman–Crippen MR) is 96.1 cm³/mol. The summed E-state index contributed by atoms with van der Waals surface area (Å²) in [6, 6.07) is 15.9. The molecular weight excluding hydrogens is 317 g/mol. The summed E-state index contributed by atoms with van der Waals surface area (Å²) < 4.78 is 5.94. The Kier molecular flexibility index (Phi) is 7.21. The minimum Gasteiger partial charge on any atom is -0.489 e. The molecule has 2 aromatic rings. The molecule has 4 heteroatoms. The van der Waals surface area contributed by atoms with E-state index >= 15 is 0 Å². The van der Waals surface area contributed by atoms with Crippen LogP contribution >= 0.6 is 24.0 Å². The number of para-hydroxylation sites is 1. The van der Waals surface area contributed by atoms with Gasteiger partial charge in [0.1, 0.15) is 12.4 Å². The van der Waals surface area contributed by atoms with E-state index in [2.05, 4.69) is 32.2 Å². The van der Waals surface area contributed by atoms with E-state index in [-0.39, 0.29) is 17.9 Å². The largest absolute Gasteiger partial charge is 0.489 e. The van der Waals surface area contributed by atoms with Crippen molar-refractivity contribution in [1.82, 2.24) is 5.32 Å². The fraction of sp³-hybridized carbons (Fsp3) is 0.333. The topological polar surface area (TPSA) is 21.3 Å². The monoisotopic (exact) mass is 339 g/mol. The maximum atomic E-state index is 6.16. The molecule has 0 aliphatic heterocycles. The summed E-state index contributed by atoms with van der Waals surface area (Å²) in [5.74, 6) is 0.897. The molecular formula is C18H23Cl2NO. The number of benzene rings is 2. The third-order valence-corrected chi connectivity index (χ3v) is 3.49. The second kappa shape index (κ2) is 8.42. The molecule has 0 amide bonds. The van der Waals surface area contributed by atoms with Gasteiger partial charge in [-0.3, -0.25) is 0 Å². The number of ether oxygens (including phenoxy) is 1. The standard InChI is InChI=1S/C18H22ClNO.ClH/c1-18(2,3)20-12-14-8-5-7-11-17(14)21-13-15-9-4-6-10-16(15)19;/h4-11,20H,12-13H2,1-3H3;1H. The van der Waals surface area contributed by atoms with Crippen LogP contribution in [0.1, 0.15) is 31.9 Å². The quantitative estimate of drug-likeness (QED) is 0.805. The molecule has 2 aromatic carbocycles. The Balaban J connectivity index is 0.00000242. The van der Waals surface area contributed by atoms with Gasteiger partial charge in [0.15, 0.2) is 0 Å². The first-order chi connectivity index (χ1) is 9.96. The van der Waals surface area contributed by atoms with Crippen LogP contribution in [0, 0.1) is 0 Å². The number of hydrogen-bond donors (Lipinski definition) is 1. The van der Waals surface area contributed by atoms with Crippen LogP contribution in [0.2, 0.25) is 5.02 Å². The van der Waals surface area contributed by atoms with Gasteiger partial charge in [-0.25, -0.2) is 0 Å². The zero-order valence-corrected chi connectivity index (χ0v) is 14.8. The van der Waals surface area contributed by atoms with Crippen molar-refractivity contribution in [2.45, 2.75) is 39.5 Å². The zero-order chi connectivity index (χ0) is 15.3. The number of nitrogens with one attached hydrogen (secondary N) is 1. The van der Waals surface area contributed by atoms with Crippen molar-refractivity contribution in [3.05, 3.63) is 64.7 Å². The number of rotatable bonds is 5. The van der Waals surface area contributed by atoms with Crippen LogP contribution in [-0.2, 0) is 13.2 Å². The fourth-order valence-electron chi connectivity index (χ4n) is 1.92. The first kappa shape index (κ1) is 18.8. The summed E-state index contributed by atoms with van der Waals surface area (Å²) in [6.45, 7) is 7.72. The lowest BCUT2D eigenvalue weighted by Crippen LogP contribution is -2.35. The van der Waals surface area contributed by atoms with E-state index in [1.54, 1.807) is 0 Å². The lowest BCUT2D eigenvalue weighted by atomic mass is 10.1. The molecule has 22 heavy (non-hydrogen) atoms. The summed E-state index contributed by atoms with van der Waals surface area (Å²) in [5.41, 5.74) is 2.23. The summed E-state index contributed by atoms with van der Waals surface area (Å²) in [7, 11) is 0. The highest BCUT2D eigenvalue weighted by Crippen LogP contribution is 2.22. The van der Waals surface area contributed by atoms with E-state index in [0.717, 1.165) is 28.4 Å². The smallest absolute Gasteiger partial charge is 0.124 e. The van der Waals surface area contributed by atoms with E-state index in [4.69, 9.17) is 16.3 Å². The summed E-state index contributed by atoms with van der Waals surface area (Å²) in [6.07, 6.45) is 0. The molecule has 0 aliphatic rings. The molecule has 0 bridgehead atoms. The highest BCUT2D eigenvalue weighted by molar-refractivity contribution is 6.31. The molecule has 0 heterocycles. The molecule has 1 N–H and O–H groups in total. The van der Waals surface area contributed by atoms with E-state index in [1.807, 2.05) is 42.5 Å². The van der Waals surface area contributed by atoms with E-state index in [9.17, 15) is 0 Å². The second-order valence-corrected chi connectivity index (χ2v) is 6.50. The molecule has 0 aromatic heterocycles. The Morgan fingerprint density at radius 1 is 0.955 bits per heavy atom. The normalized spacial score (nSPS) is 10.9. The number of hydrogen-bond acceptors (Lipinski definition) is 2. The molecule has 0 saturated heterocycles. The van der Waals surface area contributed by atoms with Gasteiger partial charge in [-0.05, 0) is 32.9 Å². The number of halogens is 2. The van der Waals surface area contributed by atoms with Gasteiger partial charge in [0.05, 0.1) is 0 Å². The lowest BCUT2D eigenvalue weighted by molar-refractivity contribution is 0.300. The van der Waals surface area contributed by atoms with E-state index in [0.29, 0.717) is 6.61 Å². The van der Waals surface area contributed by atoms with Crippen LogP contribution in [0.25, 0.3) is 0 Å². The van der Waals surface area contributed by atoms with Crippen molar-refractivity contribution in [1.29, 1.82) is 0 Å². The van der Waals surface area contributed by atoms with Crippen molar-refractivity contribution in [2.24, 2.45) is 0 Å². The fourth-order valence-corrected chi connectivity index (χ4v) is 2.11. The van der Waals surface area contributed by atoms with Crippen LogP contribution in [-0.4, -0.2) is 5.54 Å². The Morgan fingerprint density at radius 3 is 2.18 bits per heavy atom. The average molecular weight is 340 g/mol. The molecule has 0 fully saturated rings. The molecule has 0 saturated carbocycles. The molecule has 2 rings (SSSR count). The Hall–Kier alpha value is -1.22. The van der Waals surface area contributed by atoms with Gasteiger partial charge in [-0.15, -0.1) is 12.4 Å². The van der Waals surface area contributed by atoms with E-state index < -0.39 is 0 Å². The van der Waals surface area contributed by atoms with Gasteiger partial charge in [-0.1, -0.05) is 48.0 Å². The molecule has 0 spiro atoms. The van der Waals surface area contributed by atoms with Gasteiger partial charge in [0.25, 0.3) is 0 Å². The Bertz CT molecular complexity index is 594. The first-order valence-corrected chi connectivity index (χ1v) is 7.53. The van der Waals surface area contributed by atoms with Crippen LogP contribution in [0.5, 0.6) is 5.75 Å². The van der Waals surface area contributed by atoms with Crippen molar-refractivity contribution in [3.8, 4) is 5.75 Å². The van der Waals surface area contributed by atoms with Crippen molar-refractivity contribution in [2.75, 3.05) is 0 Å². The minimum atomic E-state index is 0. The first-order valence-electron chi connectivity index (χ1n) is 7.15. The van der Waals surface area contributed by atoms with Gasteiger partial charge < -0.3 is 10.1 Å². The molecule has 2 nitrogen and oxygen atoms in total. The highest BCUT2D eigenvalue weighted by atomic mass is 35.5. The van der Waals surface area contributed by atoms with Crippen LogP contribution in [0.3, 0.4) is 0 Å². The van der Waals surface area contributed by atoms with Gasteiger partial charge >= 0.3 is 0 Å². The predicted octanol–water partition coefficient (Wildman–Crippen LogP) is 5.23. The second-order valence-electron chi connectivity index (χ2n) is 6.09. The van der Waals surface area contributed by atoms with E-state index in [1.165, 1.54) is 0 Å². The third kappa shape index (κ3) is 5.88.